The molecule has 2 aromatic carbocycles. The van der Waals surface area contributed by atoms with Crippen molar-refractivity contribution in [2.75, 3.05) is 5.32 Å². The predicted octanol–water partition coefficient (Wildman–Crippen LogP) is 4.18. The molecule has 25 heavy (non-hydrogen) atoms. The van der Waals surface area contributed by atoms with E-state index in [0.29, 0.717) is 0 Å². The van der Waals surface area contributed by atoms with Crippen molar-refractivity contribution in [3.63, 3.8) is 0 Å². The second-order valence-electron chi connectivity index (χ2n) is 5.91. The Hall–Kier alpha value is -2.99. The number of fused-ring (bicyclic) bond motifs is 1. The van der Waals surface area contributed by atoms with Crippen LogP contribution in [-0.4, -0.2) is 21.1 Å². The lowest BCUT2D eigenvalue weighted by Crippen LogP contribution is -2.14. The van der Waals surface area contributed by atoms with E-state index >= 15 is 0 Å². The maximum Gasteiger partial charge on any atom is 0.230 e. The third kappa shape index (κ3) is 3.44. The molecule has 0 unspecified atom stereocenters. The molecule has 2 N–H and O–H groups in total. The van der Waals surface area contributed by atoms with Crippen LogP contribution >= 0.6 is 11.3 Å². The van der Waals surface area contributed by atoms with Crippen LogP contribution in [0.1, 0.15) is 11.3 Å². The molecule has 2 heterocycles. The third-order valence-electron chi connectivity index (χ3n) is 3.88. The highest BCUT2D eigenvalue weighted by atomic mass is 32.1. The van der Waals surface area contributed by atoms with E-state index in [1.54, 1.807) is 17.5 Å². The first-order valence-corrected chi connectivity index (χ1v) is 8.80. The Morgan fingerprint density at radius 2 is 2.16 bits per heavy atom. The van der Waals surface area contributed by atoms with Crippen LogP contribution in [0.15, 0.2) is 54.0 Å². The van der Waals surface area contributed by atoms with Gasteiger partial charge < -0.3 is 5.32 Å². The molecule has 0 saturated heterocycles. The van der Waals surface area contributed by atoms with E-state index in [9.17, 15) is 4.79 Å². The van der Waals surface area contributed by atoms with E-state index in [-0.39, 0.29) is 12.3 Å². The van der Waals surface area contributed by atoms with E-state index < -0.39 is 0 Å². The minimum atomic E-state index is -0.0797. The van der Waals surface area contributed by atoms with Crippen molar-refractivity contribution in [3.8, 4) is 10.6 Å². The summed E-state index contributed by atoms with van der Waals surface area (Å²) in [6.45, 7) is 2.06. The fraction of sp³-hybridized carbons (Fsp3) is 0.105. The Balaban J connectivity index is 1.45. The smallest absolute Gasteiger partial charge is 0.230 e. The van der Waals surface area contributed by atoms with E-state index in [1.165, 1.54) is 5.56 Å². The van der Waals surface area contributed by atoms with Gasteiger partial charge in [-0.1, -0.05) is 23.8 Å². The molecule has 0 aliphatic heterocycles. The monoisotopic (exact) mass is 348 g/mol. The maximum atomic E-state index is 12.3. The molecule has 5 nitrogen and oxygen atoms in total. The van der Waals surface area contributed by atoms with Gasteiger partial charge in [0.2, 0.25) is 5.91 Å². The molecular formula is C19H16N4OS. The first-order chi connectivity index (χ1) is 12.2. The summed E-state index contributed by atoms with van der Waals surface area (Å²) >= 11 is 1.56. The van der Waals surface area contributed by atoms with Gasteiger partial charge in [-0.15, -0.1) is 11.3 Å². The lowest BCUT2D eigenvalue weighted by Gasteiger charge is -2.04. The molecule has 124 valence electrons. The van der Waals surface area contributed by atoms with Crippen LogP contribution in [0.3, 0.4) is 0 Å². The number of hydrogen-bond donors (Lipinski definition) is 2. The first-order valence-electron chi connectivity index (χ1n) is 7.92. The van der Waals surface area contributed by atoms with Gasteiger partial charge in [0.1, 0.15) is 5.01 Å². The van der Waals surface area contributed by atoms with Crippen LogP contribution in [0, 0.1) is 6.92 Å². The number of rotatable bonds is 4. The lowest BCUT2D eigenvalue weighted by atomic mass is 10.1. The van der Waals surface area contributed by atoms with Crippen molar-refractivity contribution in [1.82, 2.24) is 15.2 Å². The number of aromatic amines is 1. The number of carbonyl (C=O) groups is 1. The van der Waals surface area contributed by atoms with Crippen molar-refractivity contribution >= 4 is 33.8 Å². The Kier molecular flexibility index (Phi) is 4.03. The highest BCUT2D eigenvalue weighted by Crippen LogP contribution is 2.25. The number of hydrogen-bond acceptors (Lipinski definition) is 4. The van der Waals surface area contributed by atoms with Gasteiger partial charge in [-0.05, 0) is 31.2 Å². The summed E-state index contributed by atoms with van der Waals surface area (Å²) < 4.78 is 0. The second kappa shape index (κ2) is 6.49. The molecular weight excluding hydrogens is 332 g/mol. The van der Waals surface area contributed by atoms with Gasteiger partial charge in [0.25, 0.3) is 0 Å². The van der Waals surface area contributed by atoms with Crippen molar-refractivity contribution < 1.29 is 4.79 Å². The summed E-state index contributed by atoms with van der Waals surface area (Å²) in [4.78, 5) is 16.9. The van der Waals surface area contributed by atoms with Crippen LogP contribution < -0.4 is 5.32 Å². The number of thiazole rings is 1. The molecule has 0 aliphatic carbocycles. The number of benzene rings is 2. The normalized spacial score (nSPS) is 10.9. The number of amides is 1. The topological polar surface area (TPSA) is 70.7 Å². The van der Waals surface area contributed by atoms with Crippen LogP contribution in [0.2, 0.25) is 0 Å². The molecule has 0 spiro atoms. The summed E-state index contributed by atoms with van der Waals surface area (Å²) in [7, 11) is 0. The van der Waals surface area contributed by atoms with Gasteiger partial charge >= 0.3 is 0 Å². The molecule has 4 aromatic rings. The molecule has 6 heteroatoms. The number of anilines is 1. The number of nitrogens with one attached hydrogen (secondary N) is 2. The zero-order chi connectivity index (χ0) is 17.2. The fourth-order valence-corrected chi connectivity index (χ4v) is 3.51. The van der Waals surface area contributed by atoms with E-state index in [4.69, 9.17) is 0 Å². The molecule has 2 aromatic heterocycles. The van der Waals surface area contributed by atoms with Gasteiger partial charge in [0, 0.05) is 22.0 Å². The molecule has 0 saturated carbocycles. The van der Waals surface area contributed by atoms with E-state index in [2.05, 4.69) is 39.6 Å². The Morgan fingerprint density at radius 3 is 3.04 bits per heavy atom. The number of aryl methyl sites for hydroxylation is 1. The predicted molar refractivity (Wildman–Crippen MR) is 101 cm³/mol. The standard InChI is InChI=1S/C19H16N4OS/c1-12-3-2-4-13(7-12)19-22-16(11-25-19)9-18(24)21-15-5-6-17-14(8-15)10-20-23-17/h2-8,10-11H,9H2,1H3,(H,20,23)(H,21,24). The van der Waals surface area contributed by atoms with Crippen molar-refractivity contribution in [2.45, 2.75) is 13.3 Å². The zero-order valence-electron chi connectivity index (χ0n) is 13.6. The van der Waals surface area contributed by atoms with E-state index in [0.717, 1.165) is 32.9 Å². The fourth-order valence-electron chi connectivity index (χ4n) is 2.69. The van der Waals surface area contributed by atoms with Gasteiger partial charge in [0.15, 0.2) is 0 Å². The molecule has 1 amide bonds. The average molecular weight is 348 g/mol. The average Bonchev–Trinajstić information content (AvgIpc) is 3.23. The van der Waals surface area contributed by atoms with Crippen molar-refractivity contribution in [1.29, 1.82) is 0 Å². The van der Waals surface area contributed by atoms with Crippen LogP contribution in [0.25, 0.3) is 21.5 Å². The lowest BCUT2D eigenvalue weighted by molar-refractivity contribution is -0.115. The molecule has 0 atom stereocenters. The van der Waals surface area contributed by atoms with Gasteiger partial charge in [-0.3, -0.25) is 9.89 Å². The number of nitrogens with zero attached hydrogens (tertiary/aromatic N) is 2. The summed E-state index contributed by atoms with van der Waals surface area (Å²) in [5.41, 5.74) is 4.76. The molecule has 4 rings (SSSR count). The minimum Gasteiger partial charge on any atom is -0.326 e. The summed E-state index contributed by atoms with van der Waals surface area (Å²) in [6.07, 6.45) is 1.99. The zero-order valence-corrected chi connectivity index (χ0v) is 14.4. The Bertz CT molecular complexity index is 1050. The number of carbonyl (C=O) groups excluding carboxylic acids is 1. The molecule has 0 aliphatic rings. The van der Waals surface area contributed by atoms with Gasteiger partial charge in [-0.2, -0.15) is 5.10 Å². The first kappa shape index (κ1) is 15.5. The van der Waals surface area contributed by atoms with Gasteiger partial charge in [-0.25, -0.2) is 4.98 Å². The van der Waals surface area contributed by atoms with Gasteiger partial charge in [0.05, 0.1) is 23.8 Å². The van der Waals surface area contributed by atoms with E-state index in [1.807, 2.05) is 35.7 Å². The van der Waals surface area contributed by atoms with Crippen LogP contribution in [-0.2, 0) is 11.2 Å². The Labute approximate surface area is 148 Å². The molecule has 0 bridgehead atoms. The minimum absolute atomic E-state index is 0.0797. The summed E-state index contributed by atoms with van der Waals surface area (Å²) in [6, 6.07) is 13.9. The second-order valence-corrected chi connectivity index (χ2v) is 6.77. The summed E-state index contributed by atoms with van der Waals surface area (Å²) in [5.74, 6) is -0.0797. The Morgan fingerprint density at radius 1 is 1.24 bits per heavy atom. The quantitative estimate of drug-likeness (QED) is 0.581. The third-order valence-corrected chi connectivity index (χ3v) is 4.82. The number of aromatic nitrogens is 3. The highest BCUT2D eigenvalue weighted by Gasteiger charge is 2.10. The highest BCUT2D eigenvalue weighted by molar-refractivity contribution is 7.13. The largest absolute Gasteiger partial charge is 0.326 e. The SMILES string of the molecule is Cc1cccc(-c2nc(CC(=O)Nc3ccc4[nH]ncc4c3)cs2)c1. The van der Waals surface area contributed by atoms with Crippen LogP contribution in [0.5, 0.6) is 0 Å². The van der Waals surface area contributed by atoms with Crippen molar-refractivity contribution in [3.05, 3.63) is 65.3 Å². The molecule has 0 fully saturated rings. The maximum absolute atomic E-state index is 12.3. The molecule has 0 radical (unpaired) electrons. The number of H-pyrrole nitrogens is 1. The van der Waals surface area contributed by atoms with Crippen molar-refractivity contribution in [2.24, 2.45) is 0 Å². The van der Waals surface area contributed by atoms with Crippen LogP contribution in [0.4, 0.5) is 5.69 Å². The summed E-state index contributed by atoms with van der Waals surface area (Å²) in [5, 5.41) is 13.6.